The number of hydrogen-bond acceptors (Lipinski definition) is 6. The molecule has 0 bridgehead atoms. The molecule has 2 aliphatic heterocycles. The molecule has 2 fully saturated rings. The van der Waals surface area contributed by atoms with Crippen molar-refractivity contribution < 1.29 is 36.9 Å². The Balaban J connectivity index is 1.08. The fourth-order valence-electron chi connectivity index (χ4n) is 6.57. The molecule has 0 unspecified atom stereocenters. The molecule has 0 aliphatic carbocycles. The van der Waals surface area contributed by atoms with Crippen molar-refractivity contribution in [1.82, 2.24) is 0 Å². The predicted molar refractivity (Wildman–Crippen MR) is 192 cm³/mol. The van der Waals surface area contributed by atoms with Gasteiger partial charge in [-0.1, -0.05) is 121 Å². The van der Waals surface area contributed by atoms with Gasteiger partial charge >= 0.3 is 6.09 Å². The molecule has 5 aromatic carbocycles. The van der Waals surface area contributed by atoms with Crippen LogP contribution in [0.4, 0.5) is 29.3 Å². The molecular formula is C42H39F3N2O5. The average molecular weight is 709 g/mol. The summed E-state index contributed by atoms with van der Waals surface area (Å²) in [6.45, 7) is 0.276. The van der Waals surface area contributed by atoms with Gasteiger partial charge < -0.3 is 23.8 Å². The van der Waals surface area contributed by atoms with Crippen molar-refractivity contribution in [3.63, 3.8) is 0 Å². The third kappa shape index (κ3) is 8.09. The number of piperidine rings is 1. The van der Waals surface area contributed by atoms with Gasteiger partial charge in [-0.15, -0.1) is 0 Å². The van der Waals surface area contributed by atoms with E-state index in [0.29, 0.717) is 0 Å². The second-order valence-electron chi connectivity index (χ2n) is 12.9. The van der Waals surface area contributed by atoms with Gasteiger partial charge in [0, 0.05) is 38.1 Å². The van der Waals surface area contributed by atoms with E-state index >= 15 is 4.39 Å². The van der Waals surface area contributed by atoms with Crippen LogP contribution in [0.2, 0.25) is 0 Å². The molecule has 0 aromatic heterocycles. The van der Waals surface area contributed by atoms with Crippen LogP contribution < -0.4 is 15.0 Å². The van der Waals surface area contributed by atoms with Crippen molar-refractivity contribution in [3.8, 4) is 5.75 Å². The molecule has 0 saturated carbocycles. The fraction of sp³-hybridized carbons (Fsp3) is 0.262. The number of hydrogen-bond donors (Lipinski definition) is 1. The third-order valence-corrected chi connectivity index (χ3v) is 9.43. The Hall–Kier alpha value is -5.32. The molecule has 2 saturated heterocycles. The van der Waals surface area contributed by atoms with Gasteiger partial charge in [-0.25, -0.2) is 18.0 Å². The van der Waals surface area contributed by atoms with Crippen LogP contribution >= 0.6 is 0 Å². The summed E-state index contributed by atoms with van der Waals surface area (Å²) in [4.78, 5) is 14.4. The lowest BCUT2D eigenvalue weighted by Crippen LogP contribution is -2.39. The summed E-state index contributed by atoms with van der Waals surface area (Å²) in [6, 6.07) is 41.8. The van der Waals surface area contributed by atoms with Crippen molar-refractivity contribution in [3.05, 3.63) is 162 Å². The lowest BCUT2D eigenvalue weighted by atomic mass is 9.80. The first kappa shape index (κ1) is 35.1. The summed E-state index contributed by atoms with van der Waals surface area (Å²) in [7, 11) is 0. The molecule has 1 N–H and O–H groups in total. The zero-order chi connectivity index (χ0) is 36.0. The van der Waals surface area contributed by atoms with Crippen LogP contribution in [0, 0.1) is 5.82 Å². The lowest BCUT2D eigenvalue weighted by Gasteiger charge is -2.35. The minimum atomic E-state index is -2.80. The first-order valence-corrected chi connectivity index (χ1v) is 17.3. The zero-order valence-corrected chi connectivity index (χ0v) is 28.4. The molecule has 0 radical (unpaired) electrons. The molecule has 10 heteroatoms. The Morgan fingerprint density at radius 3 is 1.85 bits per heavy atom. The minimum absolute atomic E-state index is 0.0133. The van der Waals surface area contributed by atoms with Crippen LogP contribution in [0.3, 0.4) is 0 Å². The molecule has 2 heterocycles. The number of halogens is 3. The van der Waals surface area contributed by atoms with Crippen molar-refractivity contribution in [1.29, 1.82) is 0 Å². The van der Waals surface area contributed by atoms with Gasteiger partial charge in [-0.3, -0.25) is 5.32 Å². The Morgan fingerprint density at radius 1 is 0.769 bits per heavy atom. The van der Waals surface area contributed by atoms with Crippen LogP contribution in [0.5, 0.6) is 5.75 Å². The van der Waals surface area contributed by atoms with Gasteiger partial charge in [-0.05, 0) is 22.3 Å². The monoisotopic (exact) mass is 708 g/mol. The Morgan fingerprint density at radius 2 is 1.29 bits per heavy atom. The van der Waals surface area contributed by atoms with Crippen molar-refractivity contribution >= 4 is 17.5 Å². The molecule has 52 heavy (non-hydrogen) atoms. The predicted octanol–water partition coefficient (Wildman–Crippen LogP) is 8.96. The lowest BCUT2D eigenvalue weighted by molar-refractivity contribution is -0.0221. The Bertz CT molecular complexity index is 1830. The minimum Gasteiger partial charge on any atom is -0.489 e. The number of alkyl halides is 2. The normalized spacial score (nSPS) is 18.0. The summed E-state index contributed by atoms with van der Waals surface area (Å²) in [6.07, 6.45) is -2.25. The van der Waals surface area contributed by atoms with Crippen LogP contribution in [0.1, 0.15) is 35.1 Å². The van der Waals surface area contributed by atoms with Crippen LogP contribution in [0.25, 0.3) is 0 Å². The number of anilines is 2. The fourth-order valence-corrected chi connectivity index (χ4v) is 6.57. The highest BCUT2D eigenvalue weighted by atomic mass is 19.3. The smallest absolute Gasteiger partial charge is 0.412 e. The summed E-state index contributed by atoms with van der Waals surface area (Å²) < 4.78 is 67.8. The molecule has 7 rings (SSSR count). The maximum atomic E-state index is 15.5. The van der Waals surface area contributed by atoms with Crippen molar-refractivity contribution in [2.45, 2.75) is 43.2 Å². The first-order valence-electron chi connectivity index (χ1n) is 17.3. The molecule has 268 valence electrons. The number of nitrogens with zero attached hydrogens (tertiary/aromatic N) is 1. The molecule has 7 nitrogen and oxygen atoms in total. The van der Waals surface area contributed by atoms with E-state index in [4.69, 9.17) is 18.9 Å². The maximum absolute atomic E-state index is 15.5. The number of amides is 1. The van der Waals surface area contributed by atoms with Crippen LogP contribution in [0.15, 0.2) is 133 Å². The number of carbonyl (C=O) groups is 1. The van der Waals surface area contributed by atoms with E-state index in [0.717, 1.165) is 28.3 Å². The van der Waals surface area contributed by atoms with E-state index in [-0.39, 0.29) is 75.1 Å². The number of carbonyl (C=O) groups excluding carboxylic acids is 1. The number of nitrogens with one attached hydrogen (secondary N) is 1. The van der Waals surface area contributed by atoms with Gasteiger partial charge in [0.15, 0.2) is 0 Å². The standard InChI is InChI=1S/C42H39F3N2O5/c43-34-25-35(46-40(48)50-27-30-13-5-1-6-14-30)37(26-36(34)47-23-21-41(44,45)22-24-47)49-28-38-39(52-38)29-51-42(31-15-7-2-8-16-31,32-17-9-3-10-18-32)33-19-11-4-12-20-33/h1-20,25-26,38-39H,21-24,27-29H2,(H,46,48)/t38-,39+/m1/s1. The van der Waals surface area contributed by atoms with Gasteiger partial charge in [0.05, 0.1) is 18.0 Å². The van der Waals surface area contributed by atoms with E-state index in [1.54, 1.807) is 4.90 Å². The van der Waals surface area contributed by atoms with Crippen LogP contribution in [-0.4, -0.2) is 50.5 Å². The average Bonchev–Trinajstić information content (AvgIpc) is 3.94. The van der Waals surface area contributed by atoms with Crippen molar-refractivity contribution in [2.75, 3.05) is 36.5 Å². The van der Waals surface area contributed by atoms with Gasteiger partial charge in [-0.2, -0.15) is 0 Å². The molecule has 0 spiro atoms. The highest BCUT2D eigenvalue weighted by molar-refractivity contribution is 5.87. The molecule has 1 amide bonds. The summed E-state index contributed by atoms with van der Waals surface area (Å²) in [5, 5.41) is 2.59. The highest BCUT2D eigenvalue weighted by Crippen LogP contribution is 2.42. The number of benzene rings is 5. The second-order valence-corrected chi connectivity index (χ2v) is 12.9. The first-order chi connectivity index (χ1) is 25.3. The Kier molecular flexibility index (Phi) is 10.5. The van der Waals surface area contributed by atoms with Crippen LogP contribution in [-0.2, 0) is 26.4 Å². The largest absolute Gasteiger partial charge is 0.489 e. The van der Waals surface area contributed by atoms with Crippen molar-refractivity contribution in [2.24, 2.45) is 0 Å². The summed E-state index contributed by atoms with van der Waals surface area (Å²) >= 11 is 0. The quantitative estimate of drug-likeness (QED) is 0.0973. The van der Waals surface area contributed by atoms with E-state index in [9.17, 15) is 13.6 Å². The third-order valence-electron chi connectivity index (χ3n) is 9.43. The highest BCUT2D eigenvalue weighted by Gasteiger charge is 2.45. The van der Waals surface area contributed by atoms with Gasteiger partial charge in [0.2, 0.25) is 0 Å². The summed E-state index contributed by atoms with van der Waals surface area (Å²) in [5.41, 5.74) is 2.91. The SMILES string of the molecule is O=C(Nc1cc(F)c(N2CCC(F)(F)CC2)cc1OC[C@H]1O[C@H]1COC(c1ccccc1)(c1ccccc1)c1ccccc1)OCc1ccccc1. The van der Waals surface area contributed by atoms with Gasteiger partial charge in [0.1, 0.15) is 42.6 Å². The number of rotatable bonds is 13. The number of ether oxygens (including phenoxy) is 4. The van der Waals surface area contributed by atoms with E-state index < -0.39 is 23.4 Å². The topological polar surface area (TPSA) is 72.6 Å². The van der Waals surface area contributed by atoms with Gasteiger partial charge in [0.25, 0.3) is 5.92 Å². The Labute approximate surface area is 300 Å². The van der Waals surface area contributed by atoms with E-state index in [2.05, 4.69) is 5.32 Å². The maximum Gasteiger partial charge on any atom is 0.412 e. The number of epoxide rings is 1. The zero-order valence-electron chi connectivity index (χ0n) is 28.4. The molecule has 5 aromatic rings. The summed E-state index contributed by atoms with van der Waals surface area (Å²) in [5.74, 6) is -3.31. The molecular weight excluding hydrogens is 669 g/mol. The molecule has 2 aliphatic rings. The van der Waals surface area contributed by atoms with E-state index in [1.807, 2.05) is 121 Å². The molecule has 2 atom stereocenters. The second kappa shape index (κ2) is 15.5. The van der Waals surface area contributed by atoms with E-state index in [1.165, 1.54) is 6.07 Å².